The highest BCUT2D eigenvalue weighted by Gasteiger charge is 2.28. The number of carbonyl (C=O) groups excluding carboxylic acids is 1. The van der Waals surface area contributed by atoms with Crippen LogP contribution in [-0.2, 0) is 11.2 Å². The van der Waals surface area contributed by atoms with Crippen LogP contribution in [0.4, 0.5) is 5.13 Å². The Balaban J connectivity index is 1.37. The predicted molar refractivity (Wildman–Crippen MR) is 116 cm³/mol. The number of amides is 1. The largest absolute Gasteiger partial charge is 0.353 e. The molecule has 2 aliphatic rings. The van der Waals surface area contributed by atoms with Crippen LogP contribution in [0.25, 0.3) is 4.96 Å². The van der Waals surface area contributed by atoms with Crippen molar-refractivity contribution in [3.05, 3.63) is 22.1 Å². The number of aromatic nitrogens is 3. The lowest BCUT2D eigenvalue weighted by molar-refractivity contribution is -0.126. The molecular formula is C21H31N5O2S. The summed E-state index contributed by atoms with van der Waals surface area (Å²) in [4.78, 5) is 32.5. The first-order valence-electron chi connectivity index (χ1n) is 11.1. The van der Waals surface area contributed by atoms with Gasteiger partial charge in [-0.05, 0) is 32.1 Å². The number of anilines is 1. The molecule has 7 nitrogen and oxygen atoms in total. The summed E-state index contributed by atoms with van der Waals surface area (Å²) in [6, 6.07) is 1.95. The molecule has 1 saturated carbocycles. The van der Waals surface area contributed by atoms with E-state index in [-0.39, 0.29) is 17.4 Å². The van der Waals surface area contributed by atoms with Crippen molar-refractivity contribution in [3.63, 3.8) is 0 Å². The van der Waals surface area contributed by atoms with E-state index in [4.69, 9.17) is 0 Å². The quantitative estimate of drug-likeness (QED) is 0.756. The average Bonchev–Trinajstić information content (AvgIpc) is 2.99. The Bertz CT molecular complexity index is 892. The molecular weight excluding hydrogens is 386 g/mol. The maximum Gasteiger partial charge on any atom is 0.275 e. The number of carbonyl (C=O) groups is 1. The van der Waals surface area contributed by atoms with Crippen LogP contribution in [0.1, 0.15) is 70.4 Å². The number of aryl methyl sites for hydroxylation is 1. The third-order valence-corrected chi connectivity index (χ3v) is 7.10. The number of hydrogen-bond acceptors (Lipinski definition) is 6. The molecule has 3 heterocycles. The average molecular weight is 418 g/mol. The van der Waals surface area contributed by atoms with E-state index in [1.807, 2.05) is 0 Å². The van der Waals surface area contributed by atoms with Crippen LogP contribution < -0.4 is 15.8 Å². The Morgan fingerprint density at radius 1 is 1.17 bits per heavy atom. The molecule has 2 fully saturated rings. The Labute approximate surface area is 175 Å². The summed E-state index contributed by atoms with van der Waals surface area (Å²) in [5.74, 6) is 0.309. The number of nitrogens with zero attached hydrogens (tertiary/aromatic N) is 4. The zero-order chi connectivity index (χ0) is 20.2. The first-order chi connectivity index (χ1) is 14.1. The first-order valence-corrected chi connectivity index (χ1v) is 11.9. The van der Waals surface area contributed by atoms with Gasteiger partial charge in [0.25, 0.3) is 5.56 Å². The van der Waals surface area contributed by atoms with Gasteiger partial charge in [-0.2, -0.15) is 4.52 Å². The molecule has 29 heavy (non-hydrogen) atoms. The van der Waals surface area contributed by atoms with Gasteiger partial charge in [-0.1, -0.05) is 50.4 Å². The Hall–Kier alpha value is -1.96. The molecule has 0 bridgehead atoms. The molecule has 0 aromatic carbocycles. The lowest BCUT2D eigenvalue weighted by Crippen LogP contribution is -2.43. The fraction of sp³-hybridized carbons (Fsp3) is 0.714. The SMILES string of the molecule is CCCc1cc(=O)n2nc(N3CCC(C(=O)NC4CCCCCC4)CC3)sc2n1. The van der Waals surface area contributed by atoms with Crippen molar-refractivity contribution in [1.82, 2.24) is 19.9 Å². The molecule has 1 N–H and O–H groups in total. The molecule has 0 atom stereocenters. The summed E-state index contributed by atoms with van der Waals surface area (Å²) in [7, 11) is 0. The number of nitrogens with one attached hydrogen (secondary N) is 1. The van der Waals surface area contributed by atoms with Gasteiger partial charge >= 0.3 is 0 Å². The topological polar surface area (TPSA) is 79.6 Å². The van der Waals surface area contributed by atoms with Crippen LogP contribution >= 0.6 is 11.3 Å². The van der Waals surface area contributed by atoms with Crippen LogP contribution in [0, 0.1) is 5.92 Å². The van der Waals surface area contributed by atoms with Gasteiger partial charge in [0.15, 0.2) is 0 Å². The Kier molecular flexibility index (Phi) is 6.47. The smallest absolute Gasteiger partial charge is 0.275 e. The third kappa shape index (κ3) is 4.79. The molecule has 158 valence electrons. The van der Waals surface area contributed by atoms with Crippen molar-refractivity contribution in [3.8, 4) is 0 Å². The van der Waals surface area contributed by atoms with E-state index in [9.17, 15) is 9.59 Å². The summed E-state index contributed by atoms with van der Waals surface area (Å²) in [5, 5.41) is 8.63. The van der Waals surface area contributed by atoms with Crippen molar-refractivity contribution < 1.29 is 4.79 Å². The summed E-state index contributed by atoms with van der Waals surface area (Å²) in [6.45, 7) is 3.66. The van der Waals surface area contributed by atoms with Crippen LogP contribution in [0.3, 0.4) is 0 Å². The second kappa shape index (κ2) is 9.24. The lowest BCUT2D eigenvalue weighted by atomic mass is 9.95. The minimum atomic E-state index is -0.112. The summed E-state index contributed by atoms with van der Waals surface area (Å²) < 4.78 is 1.41. The fourth-order valence-corrected chi connectivity index (χ4v) is 5.41. The van der Waals surface area contributed by atoms with Gasteiger partial charge in [-0.25, -0.2) is 4.98 Å². The molecule has 1 aliphatic heterocycles. The molecule has 2 aromatic rings. The van der Waals surface area contributed by atoms with E-state index >= 15 is 0 Å². The number of rotatable bonds is 5. The van der Waals surface area contributed by atoms with E-state index in [0.29, 0.717) is 11.0 Å². The monoisotopic (exact) mass is 417 g/mol. The van der Waals surface area contributed by atoms with Crippen LogP contribution in [0.5, 0.6) is 0 Å². The lowest BCUT2D eigenvalue weighted by Gasteiger charge is -2.31. The van der Waals surface area contributed by atoms with Crippen LogP contribution in [0.2, 0.25) is 0 Å². The molecule has 0 spiro atoms. The third-order valence-electron chi connectivity index (χ3n) is 6.13. The van der Waals surface area contributed by atoms with Crippen LogP contribution in [0.15, 0.2) is 10.9 Å². The highest BCUT2D eigenvalue weighted by molar-refractivity contribution is 7.20. The minimum Gasteiger partial charge on any atom is -0.353 e. The minimum absolute atomic E-state index is 0.0842. The maximum absolute atomic E-state index is 12.7. The Morgan fingerprint density at radius 2 is 1.90 bits per heavy atom. The van der Waals surface area contributed by atoms with Crippen molar-refractivity contribution >= 4 is 27.3 Å². The summed E-state index contributed by atoms with van der Waals surface area (Å²) in [5.41, 5.74) is 0.722. The van der Waals surface area contributed by atoms with Crippen molar-refractivity contribution in [2.45, 2.75) is 77.2 Å². The maximum atomic E-state index is 12.7. The van der Waals surface area contributed by atoms with Gasteiger partial charge in [0.1, 0.15) is 0 Å². The number of hydrogen-bond donors (Lipinski definition) is 1. The van der Waals surface area contributed by atoms with Crippen molar-refractivity contribution in [2.75, 3.05) is 18.0 Å². The molecule has 8 heteroatoms. The molecule has 1 amide bonds. The first kappa shape index (κ1) is 20.3. The van der Waals surface area contributed by atoms with E-state index in [1.165, 1.54) is 41.5 Å². The predicted octanol–water partition coefficient (Wildman–Crippen LogP) is 3.16. The zero-order valence-electron chi connectivity index (χ0n) is 17.2. The molecule has 1 saturated heterocycles. The van der Waals surface area contributed by atoms with E-state index < -0.39 is 0 Å². The fourth-order valence-electron chi connectivity index (χ4n) is 4.43. The molecule has 0 radical (unpaired) electrons. The molecule has 4 rings (SSSR count). The zero-order valence-corrected chi connectivity index (χ0v) is 18.0. The van der Waals surface area contributed by atoms with Gasteiger partial charge in [0.2, 0.25) is 16.0 Å². The van der Waals surface area contributed by atoms with Crippen molar-refractivity contribution in [1.29, 1.82) is 0 Å². The van der Waals surface area contributed by atoms with Crippen LogP contribution in [-0.4, -0.2) is 39.6 Å². The Morgan fingerprint density at radius 3 is 2.59 bits per heavy atom. The highest BCUT2D eigenvalue weighted by atomic mass is 32.1. The normalized spacial score (nSPS) is 19.4. The number of fused-ring (bicyclic) bond motifs is 1. The number of piperidine rings is 1. The van der Waals surface area contributed by atoms with Gasteiger partial charge in [0, 0.05) is 36.8 Å². The molecule has 1 aliphatic carbocycles. The van der Waals surface area contributed by atoms with Gasteiger partial charge < -0.3 is 10.2 Å². The standard InChI is InChI=1S/C21H31N5O2S/c1-2-7-17-14-18(27)26-20(23-17)29-21(24-26)25-12-10-15(11-13-25)19(28)22-16-8-5-3-4-6-9-16/h14-16H,2-13H2,1H3,(H,22,28). The van der Waals surface area contributed by atoms with Crippen molar-refractivity contribution in [2.24, 2.45) is 5.92 Å². The summed E-state index contributed by atoms with van der Waals surface area (Å²) >= 11 is 1.46. The van der Waals surface area contributed by atoms with Gasteiger partial charge in [-0.3, -0.25) is 9.59 Å². The highest BCUT2D eigenvalue weighted by Crippen LogP contribution is 2.27. The van der Waals surface area contributed by atoms with E-state index in [0.717, 1.165) is 62.4 Å². The molecule has 2 aromatic heterocycles. The van der Waals surface area contributed by atoms with E-state index in [2.05, 4.69) is 27.2 Å². The summed E-state index contributed by atoms with van der Waals surface area (Å²) in [6.07, 6.45) is 10.7. The van der Waals surface area contributed by atoms with E-state index in [1.54, 1.807) is 6.07 Å². The molecule has 0 unspecified atom stereocenters. The van der Waals surface area contributed by atoms with Gasteiger partial charge in [-0.15, -0.1) is 5.10 Å². The second-order valence-corrected chi connectivity index (χ2v) is 9.31. The second-order valence-electron chi connectivity index (χ2n) is 8.37. The van der Waals surface area contributed by atoms with Gasteiger partial charge in [0.05, 0.1) is 0 Å².